The molecule has 7 aromatic carbocycles. The Balaban J connectivity index is 1.05. The van der Waals surface area contributed by atoms with Crippen LogP contribution in [0, 0.1) is 0 Å². The number of nitrogens with zero attached hydrogens (tertiary/aromatic N) is 5. The normalized spacial score (nSPS) is 11.9. The molecule has 5 heterocycles. The Kier molecular flexibility index (Phi) is 7.38. The molecule has 0 spiro atoms. The maximum Gasteiger partial charge on any atom is 0.164 e. The van der Waals surface area contributed by atoms with Gasteiger partial charge in [-0.25, -0.2) is 24.9 Å². The lowest BCUT2D eigenvalue weighted by Crippen LogP contribution is -2.00. The monoisotopic (exact) mass is 781 g/mol. The van der Waals surface area contributed by atoms with Crippen molar-refractivity contribution < 1.29 is 0 Å². The Morgan fingerprint density at radius 1 is 0.316 bits per heavy atom. The molecule has 0 N–H and O–H groups in total. The van der Waals surface area contributed by atoms with Crippen molar-refractivity contribution in [2.75, 3.05) is 0 Å². The Morgan fingerprint density at radius 2 is 0.895 bits per heavy atom. The fourth-order valence-corrected chi connectivity index (χ4v) is 11.5. The van der Waals surface area contributed by atoms with E-state index in [1.54, 1.807) is 22.7 Å². The first kappa shape index (κ1) is 32.5. The van der Waals surface area contributed by atoms with E-state index in [4.69, 9.17) is 24.9 Å². The highest BCUT2D eigenvalue weighted by Gasteiger charge is 2.21. The van der Waals surface area contributed by atoms with Crippen LogP contribution in [0.5, 0.6) is 0 Å². The molecule has 0 amide bonds. The van der Waals surface area contributed by atoms with Crippen LogP contribution in [0.2, 0.25) is 0 Å². The van der Waals surface area contributed by atoms with E-state index in [9.17, 15) is 0 Å². The third-order valence-electron chi connectivity index (χ3n) is 10.6. The lowest BCUT2D eigenvalue weighted by molar-refractivity contribution is 1.08. The first-order chi connectivity index (χ1) is 28.2. The van der Waals surface area contributed by atoms with Crippen LogP contribution < -0.4 is 0 Å². The van der Waals surface area contributed by atoms with Crippen LogP contribution >= 0.6 is 34.0 Å². The number of hydrogen-bond acceptors (Lipinski definition) is 8. The number of hydrogen-bond donors (Lipinski definition) is 0. The van der Waals surface area contributed by atoms with Gasteiger partial charge in [-0.2, -0.15) is 0 Å². The van der Waals surface area contributed by atoms with Gasteiger partial charge in [0, 0.05) is 78.2 Å². The Bertz CT molecular complexity index is 3480. The molecule has 0 atom stereocenters. The molecule has 12 rings (SSSR count). The Labute approximate surface area is 338 Å². The lowest BCUT2D eigenvalue weighted by Gasteiger charge is -2.10. The molecule has 0 aliphatic carbocycles. The van der Waals surface area contributed by atoms with Gasteiger partial charge < -0.3 is 0 Å². The van der Waals surface area contributed by atoms with Crippen LogP contribution in [0.25, 0.3) is 117 Å². The van der Waals surface area contributed by atoms with Crippen molar-refractivity contribution in [1.29, 1.82) is 0 Å². The highest BCUT2D eigenvalue weighted by atomic mass is 32.1. The lowest BCUT2D eigenvalue weighted by atomic mass is 10.0. The molecule has 266 valence electrons. The summed E-state index contributed by atoms with van der Waals surface area (Å²) in [5.74, 6) is 2.66. The standard InChI is InChI=1S/C49H27N5S3/c1-3-13-28(14-4-1)46-52-47(29-15-5-2-6-16-29)54-49(53-46)35-20-12-24-39-41(35)33-26-25-30(27-40(33)55-39)48-50-42-34-18-8-10-23-38(34)57-45(42)43(51-48)36-21-11-19-32-31-17-7-9-22-37(31)56-44(32)36/h1-27H. The molecule has 0 unspecified atom stereocenters. The minimum atomic E-state index is 0.647. The van der Waals surface area contributed by atoms with Crippen molar-refractivity contribution in [3.63, 3.8) is 0 Å². The van der Waals surface area contributed by atoms with Gasteiger partial charge in [0.25, 0.3) is 0 Å². The van der Waals surface area contributed by atoms with Gasteiger partial charge in [0.05, 0.1) is 15.9 Å². The fraction of sp³-hybridized carbons (Fsp3) is 0. The van der Waals surface area contributed by atoms with E-state index in [0.717, 1.165) is 70.4 Å². The third kappa shape index (κ3) is 5.29. The molecule has 0 bridgehead atoms. The number of benzene rings is 7. The van der Waals surface area contributed by atoms with Gasteiger partial charge in [0.1, 0.15) is 0 Å². The summed E-state index contributed by atoms with van der Waals surface area (Å²) >= 11 is 5.38. The van der Waals surface area contributed by atoms with E-state index in [0.29, 0.717) is 17.5 Å². The molecule has 12 aromatic rings. The minimum absolute atomic E-state index is 0.647. The zero-order valence-corrected chi connectivity index (χ0v) is 32.5. The van der Waals surface area contributed by atoms with E-state index in [-0.39, 0.29) is 0 Å². The number of fused-ring (bicyclic) bond motifs is 9. The maximum absolute atomic E-state index is 5.44. The van der Waals surface area contributed by atoms with E-state index < -0.39 is 0 Å². The second-order valence-corrected chi connectivity index (χ2v) is 17.2. The van der Waals surface area contributed by atoms with Crippen molar-refractivity contribution in [3.05, 3.63) is 164 Å². The SMILES string of the molecule is c1ccc(-c2nc(-c3ccccc3)nc(-c3cccc4sc5cc(-c6nc(-c7cccc8c7sc7ccccc78)c7sc8ccccc8c7n6)ccc5c34)n2)cc1. The highest BCUT2D eigenvalue weighted by molar-refractivity contribution is 7.27. The van der Waals surface area contributed by atoms with Crippen molar-refractivity contribution >= 4 is 94.7 Å². The van der Waals surface area contributed by atoms with Crippen molar-refractivity contribution in [3.8, 4) is 56.8 Å². The summed E-state index contributed by atoms with van der Waals surface area (Å²) in [4.78, 5) is 25.9. The number of thiophene rings is 3. The summed E-state index contributed by atoms with van der Waals surface area (Å²) in [6.45, 7) is 0. The molecule has 57 heavy (non-hydrogen) atoms. The molecule has 0 saturated carbocycles. The third-order valence-corrected chi connectivity index (χ3v) is 14.1. The predicted octanol–water partition coefficient (Wildman–Crippen LogP) is 14.1. The maximum atomic E-state index is 5.44. The van der Waals surface area contributed by atoms with Gasteiger partial charge >= 0.3 is 0 Å². The van der Waals surface area contributed by atoms with E-state index >= 15 is 0 Å². The first-order valence-electron chi connectivity index (χ1n) is 18.7. The van der Waals surface area contributed by atoms with Crippen molar-refractivity contribution in [2.45, 2.75) is 0 Å². The summed E-state index contributed by atoms with van der Waals surface area (Å²) in [7, 11) is 0. The van der Waals surface area contributed by atoms with Crippen LogP contribution in [0.15, 0.2) is 164 Å². The molecule has 8 heteroatoms. The van der Waals surface area contributed by atoms with E-state index in [1.165, 1.54) is 29.6 Å². The summed E-state index contributed by atoms with van der Waals surface area (Å²) < 4.78 is 7.17. The van der Waals surface area contributed by atoms with Gasteiger partial charge in [-0.05, 0) is 24.3 Å². The smallest absolute Gasteiger partial charge is 0.164 e. The van der Waals surface area contributed by atoms with Crippen LogP contribution in [0.1, 0.15) is 0 Å². The average molecular weight is 782 g/mol. The quantitative estimate of drug-likeness (QED) is 0.174. The summed E-state index contributed by atoms with van der Waals surface area (Å²) in [6.07, 6.45) is 0. The van der Waals surface area contributed by atoms with E-state index in [2.05, 4.69) is 103 Å². The molecule has 0 saturated heterocycles. The second-order valence-electron chi connectivity index (χ2n) is 14.0. The molecular formula is C49H27N5S3. The fourth-order valence-electron chi connectivity index (χ4n) is 7.92. The van der Waals surface area contributed by atoms with Crippen LogP contribution in [0.4, 0.5) is 0 Å². The van der Waals surface area contributed by atoms with E-state index in [1.807, 2.05) is 72.0 Å². The van der Waals surface area contributed by atoms with Gasteiger partial charge in [-0.3, -0.25) is 0 Å². The van der Waals surface area contributed by atoms with Crippen molar-refractivity contribution in [2.24, 2.45) is 0 Å². The zero-order valence-electron chi connectivity index (χ0n) is 30.0. The molecular weight excluding hydrogens is 755 g/mol. The topological polar surface area (TPSA) is 64.5 Å². The Hall–Kier alpha value is -6.71. The molecule has 0 aliphatic heterocycles. The van der Waals surface area contributed by atoms with Crippen molar-refractivity contribution in [1.82, 2.24) is 24.9 Å². The van der Waals surface area contributed by atoms with Gasteiger partial charge in [0.2, 0.25) is 0 Å². The van der Waals surface area contributed by atoms with Gasteiger partial charge in [-0.1, -0.05) is 140 Å². The molecule has 5 aromatic heterocycles. The van der Waals surface area contributed by atoms with Gasteiger partial charge in [0.15, 0.2) is 23.3 Å². The second kappa shape index (κ2) is 12.9. The van der Waals surface area contributed by atoms with Crippen LogP contribution in [0.3, 0.4) is 0 Å². The summed E-state index contributed by atoms with van der Waals surface area (Å²) in [6, 6.07) is 57.1. The summed E-state index contributed by atoms with van der Waals surface area (Å²) in [5, 5.41) is 5.97. The zero-order chi connectivity index (χ0) is 37.5. The van der Waals surface area contributed by atoms with Crippen LogP contribution in [-0.4, -0.2) is 24.9 Å². The average Bonchev–Trinajstić information content (AvgIpc) is 3.98. The molecule has 0 fully saturated rings. The minimum Gasteiger partial charge on any atom is -0.226 e. The molecule has 0 radical (unpaired) electrons. The predicted molar refractivity (Wildman–Crippen MR) is 241 cm³/mol. The first-order valence-corrected chi connectivity index (χ1v) is 21.1. The van der Waals surface area contributed by atoms with Crippen LogP contribution in [-0.2, 0) is 0 Å². The Morgan fingerprint density at radius 3 is 1.67 bits per heavy atom. The largest absolute Gasteiger partial charge is 0.226 e. The number of rotatable bonds is 5. The molecule has 5 nitrogen and oxygen atoms in total. The summed E-state index contributed by atoms with van der Waals surface area (Å²) in [5.41, 5.74) is 6.96. The molecule has 0 aliphatic rings. The van der Waals surface area contributed by atoms with Gasteiger partial charge in [-0.15, -0.1) is 34.0 Å². The number of aromatic nitrogens is 5. The highest BCUT2D eigenvalue weighted by Crippen LogP contribution is 2.46.